The molecule has 0 atom stereocenters. The molecule has 1 fully saturated rings. The van der Waals surface area contributed by atoms with Gasteiger partial charge in [-0.2, -0.15) is 0 Å². The van der Waals surface area contributed by atoms with Crippen molar-refractivity contribution in [2.75, 3.05) is 36.4 Å². The Morgan fingerprint density at radius 1 is 1.08 bits per heavy atom. The van der Waals surface area contributed by atoms with E-state index in [9.17, 15) is 9.59 Å². The first-order valence-electron chi connectivity index (χ1n) is 8.40. The van der Waals surface area contributed by atoms with Gasteiger partial charge in [0.1, 0.15) is 0 Å². The molecule has 1 aromatic rings. The predicted octanol–water partition coefficient (Wildman–Crippen LogP) is 2.21. The monoisotopic (exact) mass is 362 g/mol. The van der Waals surface area contributed by atoms with Crippen LogP contribution in [0.4, 0.5) is 11.4 Å². The van der Waals surface area contributed by atoms with Crippen molar-refractivity contribution < 1.29 is 9.59 Å². The van der Waals surface area contributed by atoms with E-state index in [1.165, 1.54) is 0 Å². The van der Waals surface area contributed by atoms with E-state index in [2.05, 4.69) is 15.5 Å². The summed E-state index contributed by atoms with van der Waals surface area (Å²) in [6, 6.07) is 7.84. The van der Waals surface area contributed by atoms with Crippen molar-refractivity contribution in [2.24, 2.45) is 5.41 Å². The summed E-state index contributed by atoms with van der Waals surface area (Å²) in [5.41, 5.74) is 1.35. The van der Waals surface area contributed by atoms with Gasteiger partial charge in [-0.1, -0.05) is 32.9 Å². The third-order valence-electron chi connectivity index (χ3n) is 4.13. The second kappa shape index (κ2) is 7.82. The Kier molecular flexibility index (Phi) is 6.00. The van der Waals surface area contributed by atoms with E-state index in [1.54, 1.807) is 6.92 Å². The molecular weight excluding hydrogens is 336 g/mol. The minimum absolute atomic E-state index is 0.108. The van der Waals surface area contributed by atoms with Crippen LogP contribution in [0.15, 0.2) is 24.3 Å². The molecule has 0 radical (unpaired) electrons. The van der Waals surface area contributed by atoms with Crippen LogP contribution in [0.5, 0.6) is 0 Å². The Morgan fingerprint density at radius 2 is 1.68 bits per heavy atom. The van der Waals surface area contributed by atoms with Crippen molar-refractivity contribution in [3.05, 3.63) is 24.3 Å². The fourth-order valence-electron chi connectivity index (χ4n) is 2.56. The SMILES string of the molecule is CC(=O)N1CCN(c2ccccc2NC(=S)NC(=O)C(C)(C)C)CC1. The molecule has 25 heavy (non-hydrogen) atoms. The molecule has 0 saturated carbocycles. The highest BCUT2D eigenvalue weighted by atomic mass is 32.1. The van der Waals surface area contributed by atoms with E-state index in [4.69, 9.17) is 12.2 Å². The molecule has 1 aromatic carbocycles. The molecule has 1 aliphatic rings. The summed E-state index contributed by atoms with van der Waals surface area (Å²) >= 11 is 5.28. The highest BCUT2D eigenvalue weighted by Crippen LogP contribution is 2.26. The third kappa shape index (κ3) is 5.16. The highest BCUT2D eigenvalue weighted by Gasteiger charge is 2.23. The molecule has 136 valence electrons. The summed E-state index contributed by atoms with van der Waals surface area (Å²) < 4.78 is 0. The summed E-state index contributed by atoms with van der Waals surface area (Å²) in [5.74, 6) is -0.0188. The lowest BCUT2D eigenvalue weighted by molar-refractivity contribution is -0.129. The number of piperazine rings is 1. The van der Waals surface area contributed by atoms with Gasteiger partial charge in [-0.25, -0.2) is 0 Å². The van der Waals surface area contributed by atoms with Gasteiger partial charge in [0.05, 0.1) is 11.4 Å². The molecule has 2 N–H and O–H groups in total. The summed E-state index contributed by atoms with van der Waals surface area (Å²) in [6.45, 7) is 10.1. The predicted molar refractivity (Wildman–Crippen MR) is 105 cm³/mol. The highest BCUT2D eigenvalue weighted by molar-refractivity contribution is 7.80. The molecule has 0 unspecified atom stereocenters. The van der Waals surface area contributed by atoms with Crippen LogP contribution in [0.3, 0.4) is 0 Å². The number of hydrogen-bond acceptors (Lipinski definition) is 4. The molecule has 0 aliphatic carbocycles. The van der Waals surface area contributed by atoms with E-state index in [0.717, 1.165) is 24.5 Å². The van der Waals surface area contributed by atoms with Crippen LogP contribution in [-0.4, -0.2) is 48.0 Å². The lowest BCUT2D eigenvalue weighted by atomic mass is 9.96. The average Bonchev–Trinajstić information content (AvgIpc) is 2.54. The first-order chi connectivity index (χ1) is 11.7. The van der Waals surface area contributed by atoms with Crippen LogP contribution < -0.4 is 15.5 Å². The van der Waals surface area contributed by atoms with E-state index >= 15 is 0 Å². The van der Waals surface area contributed by atoms with Gasteiger partial charge in [0.15, 0.2) is 5.11 Å². The van der Waals surface area contributed by atoms with Crippen LogP contribution in [0, 0.1) is 5.41 Å². The second-order valence-electron chi connectivity index (χ2n) is 7.17. The molecule has 1 heterocycles. The number of thiocarbonyl (C=S) groups is 1. The van der Waals surface area contributed by atoms with Crippen molar-refractivity contribution in [1.29, 1.82) is 0 Å². The number of carbonyl (C=O) groups excluding carboxylic acids is 2. The number of hydrogen-bond donors (Lipinski definition) is 2. The summed E-state index contributed by atoms with van der Waals surface area (Å²) in [4.78, 5) is 27.6. The summed E-state index contributed by atoms with van der Waals surface area (Å²) in [6.07, 6.45) is 0. The van der Waals surface area contributed by atoms with Crippen LogP contribution in [0.2, 0.25) is 0 Å². The zero-order chi connectivity index (χ0) is 18.6. The minimum atomic E-state index is -0.506. The fourth-order valence-corrected chi connectivity index (χ4v) is 2.76. The quantitative estimate of drug-likeness (QED) is 0.790. The Morgan fingerprint density at radius 3 is 2.24 bits per heavy atom. The number of para-hydroxylation sites is 2. The number of benzene rings is 1. The molecule has 2 rings (SSSR count). The normalized spacial score (nSPS) is 14.9. The van der Waals surface area contributed by atoms with Crippen molar-refractivity contribution >= 4 is 40.5 Å². The number of nitrogens with one attached hydrogen (secondary N) is 2. The van der Waals surface area contributed by atoms with Gasteiger partial charge in [0.2, 0.25) is 11.8 Å². The lowest BCUT2D eigenvalue weighted by Crippen LogP contribution is -2.48. The van der Waals surface area contributed by atoms with Gasteiger partial charge in [-0.3, -0.25) is 9.59 Å². The Balaban J connectivity index is 2.05. The van der Waals surface area contributed by atoms with Gasteiger partial charge in [-0.15, -0.1) is 0 Å². The van der Waals surface area contributed by atoms with Crippen molar-refractivity contribution in [3.63, 3.8) is 0 Å². The first kappa shape index (κ1) is 19.2. The third-order valence-corrected chi connectivity index (χ3v) is 4.33. The van der Waals surface area contributed by atoms with E-state index < -0.39 is 5.41 Å². The van der Waals surface area contributed by atoms with E-state index in [0.29, 0.717) is 13.1 Å². The van der Waals surface area contributed by atoms with Gasteiger partial charge in [0.25, 0.3) is 0 Å². The topological polar surface area (TPSA) is 64.7 Å². The molecule has 6 nitrogen and oxygen atoms in total. The van der Waals surface area contributed by atoms with Crippen molar-refractivity contribution in [2.45, 2.75) is 27.7 Å². The number of anilines is 2. The Bertz CT molecular complexity index is 661. The number of nitrogens with zero attached hydrogens (tertiary/aromatic N) is 2. The van der Waals surface area contributed by atoms with Gasteiger partial charge in [0, 0.05) is 38.5 Å². The molecule has 0 bridgehead atoms. The first-order valence-corrected chi connectivity index (χ1v) is 8.81. The largest absolute Gasteiger partial charge is 0.366 e. The zero-order valence-corrected chi connectivity index (χ0v) is 16.1. The van der Waals surface area contributed by atoms with Crippen LogP contribution >= 0.6 is 12.2 Å². The fraction of sp³-hybridized carbons (Fsp3) is 0.500. The molecule has 0 aromatic heterocycles. The molecule has 2 amide bonds. The van der Waals surface area contributed by atoms with Gasteiger partial charge >= 0.3 is 0 Å². The van der Waals surface area contributed by atoms with E-state index in [1.807, 2.05) is 49.9 Å². The average molecular weight is 362 g/mol. The number of carbonyl (C=O) groups is 2. The molecule has 7 heteroatoms. The van der Waals surface area contributed by atoms with E-state index in [-0.39, 0.29) is 16.9 Å². The smallest absolute Gasteiger partial charge is 0.231 e. The zero-order valence-electron chi connectivity index (χ0n) is 15.3. The Labute approximate surface area is 154 Å². The summed E-state index contributed by atoms with van der Waals surface area (Å²) in [5, 5.41) is 6.14. The standard InChI is InChI=1S/C18H26N4O2S/c1-13(23)21-9-11-22(12-10-21)15-8-6-5-7-14(15)19-17(25)20-16(24)18(2,3)4/h5-8H,9-12H2,1-4H3,(H2,19,20,24,25). The molecule has 1 aliphatic heterocycles. The maximum atomic E-state index is 12.1. The molecule has 0 spiro atoms. The van der Waals surface area contributed by atoms with Crippen LogP contribution in [-0.2, 0) is 9.59 Å². The molecule has 1 saturated heterocycles. The maximum Gasteiger partial charge on any atom is 0.231 e. The van der Waals surface area contributed by atoms with Crippen LogP contribution in [0.25, 0.3) is 0 Å². The Hall–Kier alpha value is -2.15. The van der Waals surface area contributed by atoms with Crippen LogP contribution in [0.1, 0.15) is 27.7 Å². The lowest BCUT2D eigenvalue weighted by Gasteiger charge is -2.36. The number of rotatable bonds is 2. The minimum Gasteiger partial charge on any atom is -0.366 e. The van der Waals surface area contributed by atoms with Gasteiger partial charge < -0.3 is 20.4 Å². The number of amides is 2. The second-order valence-corrected chi connectivity index (χ2v) is 7.58. The van der Waals surface area contributed by atoms with Gasteiger partial charge in [-0.05, 0) is 24.4 Å². The van der Waals surface area contributed by atoms with Crippen molar-refractivity contribution in [1.82, 2.24) is 10.2 Å². The maximum absolute atomic E-state index is 12.1. The van der Waals surface area contributed by atoms with Crippen molar-refractivity contribution in [3.8, 4) is 0 Å². The summed E-state index contributed by atoms with van der Waals surface area (Å²) in [7, 11) is 0. The molecular formula is C18H26N4O2S.